The van der Waals surface area contributed by atoms with Crippen LogP contribution in [-0.2, 0) is 4.74 Å². The Hall–Kier alpha value is -2.24. The molecule has 0 aliphatic carbocycles. The Kier molecular flexibility index (Phi) is 5.56. The van der Waals surface area contributed by atoms with Gasteiger partial charge in [-0.15, -0.1) is 11.3 Å². The molecule has 24 heavy (non-hydrogen) atoms. The molecule has 0 radical (unpaired) electrons. The fourth-order valence-electron chi connectivity index (χ4n) is 2.53. The number of nitrogens with one attached hydrogen (secondary N) is 1. The van der Waals surface area contributed by atoms with Crippen molar-refractivity contribution in [1.29, 1.82) is 0 Å². The monoisotopic (exact) mass is 340 g/mol. The Balaban J connectivity index is 1.86. The molecular formula is C19H20N2O2S. The Morgan fingerprint density at radius 1 is 1.25 bits per heavy atom. The quantitative estimate of drug-likeness (QED) is 0.658. The molecule has 0 aliphatic heterocycles. The number of pyridine rings is 1. The molecule has 2 heterocycles. The normalized spacial score (nSPS) is 10.9. The van der Waals surface area contributed by atoms with Gasteiger partial charge >= 0.3 is 0 Å². The average Bonchev–Trinajstić information content (AvgIpc) is 3.15. The van der Waals surface area contributed by atoms with Crippen LogP contribution in [0.4, 0.5) is 0 Å². The van der Waals surface area contributed by atoms with Gasteiger partial charge in [0.25, 0.3) is 5.91 Å². The number of benzene rings is 1. The number of hydrogen-bond acceptors (Lipinski definition) is 4. The lowest BCUT2D eigenvalue weighted by Crippen LogP contribution is -2.25. The van der Waals surface area contributed by atoms with Gasteiger partial charge in [-0.25, -0.2) is 4.98 Å². The van der Waals surface area contributed by atoms with E-state index in [4.69, 9.17) is 9.72 Å². The van der Waals surface area contributed by atoms with Crippen molar-refractivity contribution in [3.8, 4) is 10.6 Å². The maximum Gasteiger partial charge on any atom is 0.252 e. The van der Waals surface area contributed by atoms with Gasteiger partial charge in [-0.05, 0) is 36.9 Å². The zero-order chi connectivity index (χ0) is 16.8. The van der Waals surface area contributed by atoms with E-state index in [2.05, 4.69) is 5.32 Å². The lowest BCUT2D eigenvalue weighted by atomic mass is 10.1. The van der Waals surface area contributed by atoms with Crippen LogP contribution in [0.5, 0.6) is 0 Å². The van der Waals surface area contributed by atoms with Gasteiger partial charge in [-0.2, -0.15) is 0 Å². The molecule has 1 amide bonds. The zero-order valence-corrected chi connectivity index (χ0v) is 14.4. The number of thiophene rings is 1. The summed E-state index contributed by atoms with van der Waals surface area (Å²) in [7, 11) is 0. The van der Waals surface area contributed by atoms with Crippen LogP contribution in [0.2, 0.25) is 0 Å². The lowest BCUT2D eigenvalue weighted by molar-refractivity contribution is 0.0946. The predicted molar refractivity (Wildman–Crippen MR) is 98.5 cm³/mol. The fourth-order valence-corrected chi connectivity index (χ4v) is 3.22. The van der Waals surface area contributed by atoms with Crippen LogP contribution in [0, 0.1) is 0 Å². The molecule has 0 fully saturated rings. The van der Waals surface area contributed by atoms with Crippen LogP contribution in [0.1, 0.15) is 23.7 Å². The number of para-hydroxylation sites is 1. The minimum Gasteiger partial charge on any atom is -0.382 e. The number of rotatable bonds is 7. The second-order valence-corrected chi connectivity index (χ2v) is 6.30. The Bertz CT molecular complexity index is 815. The van der Waals surface area contributed by atoms with Gasteiger partial charge in [-0.3, -0.25) is 4.79 Å². The first kappa shape index (κ1) is 16.6. The molecular weight excluding hydrogens is 320 g/mol. The van der Waals surface area contributed by atoms with Gasteiger partial charge in [0.1, 0.15) is 0 Å². The van der Waals surface area contributed by atoms with Crippen molar-refractivity contribution < 1.29 is 9.53 Å². The first-order chi connectivity index (χ1) is 11.8. The van der Waals surface area contributed by atoms with E-state index in [-0.39, 0.29) is 5.91 Å². The van der Waals surface area contributed by atoms with Crippen molar-refractivity contribution in [1.82, 2.24) is 10.3 Å². The summed E-state index contributed by atoms with van der Waals surface area (Å²) in [5, 5.41) is 5.87. The number of ether oxygens (including phenoxy) is 1. The lowest BCUT2D eigenvalue weighted by Gasteiger charge is -2.10. The topological polar surface area (TPSA) is 51.2 Å². The SMILES string of the molecule is CCOCCCNC(=O)c1cc(-c2cccs2)nc2ccccc12. The van der Waals surface area contributed by atoms with E-state index in [1.807, 2.05) is 54.8 Å². The Labute approximate surface area is 145 Å². The molecule has 2 aromatic heterocycles. The Morgan fingerprint density at radius 3 is 2.92 bits per heavy atom. The third kappa shape index (κ3) is 3.80. The third-order valence-electron chi connectivity index (χ3n) is 3.69. The maximum atomic E-state index is 12.6. The highest BCUT2D eigenvalue weighted by Crippen LogP contribution is 2.27. The largest absolute Gasteiger partial charge is 0.382 e. The standard InChI is InChI=1S/C19H20N2O2S/c1-2-23-11-6-10-20-19(22)15-13-17(18-9-5-12-24-18)21-16-8-4-3-7-14(15)16/h3-5,7-9,12-13H,2,6,10-11H2,1H3,(H,20,22). The number of nitrogens with zero attached hydrogens (tertiary/aromatic N) is 1. The van der Waals surface area contributed by atoms with Crippen molar-refractivity contribution in [3.63, 3.8) is 0 Å². The van der Waals surface area contributed by atoms with Crippen LogP contribution in [0.25, 0.3) is 21.5 Å². The molecule has 0 aliphatic rings. The average molecular weight is 340 g/mol. The van der Waals surface area contributed by atoms with E-state index >= 15 is 0 Å². The van der Waals surface area contributed by atoms with Crippen molar-refractivity contribution in [3.05, 3.63) is 53.4 Å². The molecule has 124 valence electrons. The maximum absolute atomic E-state index is 12.6. The second-order valence-electron chi connectivity index (χ2n) is 5.36. The summed E-state index contributed by atoms with van der Waals surface area (Å²) >= 11 is 1.62. The van der Waals surface area contributed by atoms with E-state index in [1.54, 1.807) is 11.3 Å². The molecule has 0 atom stereocenters. The number of fused-ring (bicyclic) bond motifs is 1. The first-order valence-electron chi connectivity index (χ1n) is 8.09. The smallest absolute Gasteiger partial charge is 0.252 e. The van der Waals surface area contributed by atoms with E-state index < -0.39 is 0 Å². The summed E-state index contributed by atoms with van der Waals surface area (Å²) in [6.45, 7) is 3.93. The van der Waals surface area contributed by atoms with Crippen LogP contribution in [-0.4, -0.2) is 30.6 Å². The van der Waals surface area contributed by atoms with E-state index in [9.17, 15) is 4.79 Å². The molecule has 1 aromatic carbocycles. The summed E-state index contributed by atoms with van der Waals surface area (Å²) < 4.78 is 5.30. The summed E-state index contributed by atoms with van der Waals surface area (Å²) in [5.41, 5.74) is 2.34. The van der Waals surface area contributed by atoms with Crippen LogP contribution >= 0.6 is 11.3 Å². The van der Waals surface area contributed by atoms with E-state index in [0.717, 1.165) is 27.9 Å². The van der Waals surface area contributed by atoms with Crippen molar-refractivity contribution in [2.24, 2.45) is 0 Å². The number of carbonyl (C=O) groups excluding carboxylic acids is 1. The summed E-state index contributed by atoms with van der Waals surface area (Å²) in [6, 6.07) is 13.6. The predicted octanol–water partition coefficient (Wildman–Crippen LogP) is 4.12. The molecule has 4 nitrogen and oxygen atoms in total. The molecule has 0 spiro atoms. The molecule has 0 bridgehead atoms. The third-order valence-corrected chi connectivity index (χ3v) is 4.58. The van der Waals surface area contributed by atoms with Crippen molar-refractivity contribution in [2.45, 2.75) is 13.3 Å². The van der Waals surface area contributed by atoms with Gasteiger partial charge in [0.15, 0.2) is 0 Å². The number of hydrogen-bond donors (Lipinski definition) is 1. The highest BCUT2D eigenvalue weighted by Gasteiger charge is 2.13. The minimum atomic E-state index is -0.0668. The molecule has 0 saturated heterocycles. The van der Waals surface area contributed by atoms with E-state index in [0.29, 0.717) is 25.3 Å². The van der Waals surface area contributed by atoms with Gasteiger partial charge in [0.2, 0.25) is 0 Å². The summed E-state index contributed by atoms with van der Waals surface area (Å²) in [4.78, 5) is 18.4. The highest BCUT2D eigenvalue weighted by atomic mass is 32.1. The van der Waals surface area contributed by atoms with Gasteiger partial charge in [0, 0.05) is 25.1 Å². The summed E-state index contributed by atoms with van der Waals surface area (Å²) in [6.07, 6.45) is 0.806. The Morgan fingerprint density at radius 2 is 2.12 bits per heavy atom. The number of aromatic nitrogens is 1. The van der Waals surface area contributed by atoms with Crippen LogP contribution in [0.3, 0.4) is 0 Å². The summed E-state index contributed by atoms with van der Waals surface area (Å²) in [5.74, 6) is -0.0668. The van der Waals surface area contributed by atoms with Crippen LogP contribution < -0.4 is 5.32 Å². The van der Waals surface area contributed by atoms with E-state index in [1.165, 1.54) is 0 Å². The second kappa shape index (κ2) is 8.04. The van der Waals surface area contributed by atoms with Crippen molar-refractivity contribution in [2.75, 3.05) is 19.8 Å². The first-order valence-corrected chi connectivity index (χ1v) is 8.97. The van der Waals surface area contributed by atoms with Gasteiger partial charge in [0.05, 0.1) is 21.7 Å². The van der Waals surface area contributed by atoms with Crippen LogP contribution in [0.15, 0.2) is 47.8 Å². The molecule has 0 saturated carbocycles. The molecule has 3 rings (SSSR count). The zero-order valence-electron chi connectivity index (χ0n) is 13.6. The van der Waals surface area contributed by atoms with Gasteiger partial charge < -0.3 is 10.1 Å². The fraction of sp³-hybridized carbons (Fsp3) is 0.263. The molecule has 0 unspecified atom stereocenters. The minimum absolute atomic E-state index is 0.0668. The number of amides is 1. The van der Waals surface area contributed by atoms with Crippen molar-refractivity contribution >= 4 is 28.1 Å². The molecule has 1 N–H and O–H groups in total. The van der Waals surface area contributed by atoms with Gasteiger partial charge in [-0.1, -0.05) is 24.3 Å². The molecule has 5 heteroatoms. The molecule has 3 aromatic rings. The number of carbonyl (C=O) groups is 1. The highest BCUT2D eigenvalue weighted by molar-refractivity contribution is 7.13.